The van der Waals surface area contributed by atoms with E-state index in [0.717, 1.165) is 36.9 Å². The molecule has 1 aromatic carbocycles. The number of carbonyl (C=O) groups excluding carboxylic acids is 2. The number of nitrogens with zero attached hydrogens (tertiary/aromatic N) is 3. The predicted octanol–water partition coefficient (Wildman–Crippen LogP) is 3.18. The average molecular weight is 363 g/mol. The highest BCUT2D eigenvalue weighted by Crippen LogP contribution is 2.33. The first-order valence-corrected chi connectivity index (χ1v) is 9.74. The summed E-state index contributed by atoms with van der Waals surface area (Å²) < 4.78 is 0. The Bertz CT molecular complexity index is 794. The summed E-state index contributed by atoms with van der Waals surface area (Å²) in [5.41, 5.74) is 2.20. The minimum Gasteiger partial charge on any atom is -0.338 e. The summed E-state index contributed by atoms with van der Waals surface area (Å²) in [6.07, 6.45) is 7.05. The maximum Gasteiger partial charge on any atom is 0.228 e. The van der Waals surface area contributed by atoms with Crippen molar-refractivity contribution in [1.29, 1.82) is 0 Å². The third-order valence-electron chi connectivity index (χ3n) is 5.64. The van der Waals surface area contributed by atoms with Crippen molar-refractivity contribution in [1.82, 2.24) is 14.8 Å². The molecule has 2 aliphatic heterocycles. The molecule has 2 atom stereocenters. The Morgan fingerprint density at radius 3 is 2.74 bits per heavy atom. The number of hydrogen-bond donors (Lipinski definition) is 0. The van der Waals surface area contributed by atoms with E-state index in [9.17, 15) is 9.59 Å². The molecule has 2 saturated heterocycles. The fourth-order valence-electron chi connectivity index (χ4n) is 4.24. The first-order chi connectivity index (χ1) is 13.2. The van der Waals surface area contributed by atoms with Crippen LogP contribution in [-0.4, -0.2) is 39.7 Å². The summed E-state index contributed by atoms with van der Waals surface area (Å²) in [6, 6.07) is 14.0. The molecule has 4 rings (SSSR count). The molecule has 2 amide bonds. The first kappa shape index (κ1) is 17.7. The normalized spacial score (nSPS) is 22.9. The molecule has 5 heteroatoms. The van der Waals surface area contributed by atoms with Gasteiger partial charge in [0, 0.05) is 38.4 Å². The van der Waals surface area contributed by atoms with Crippen molar-refractivity contribution >= 4 is 11.8 Å². The fourth-order valence-corrected chi connectivity index (χ4v) is 4.24. The first-order valence-electron chi connectivity index (χ1n) is 9.74. The number of piperidine rings is 1. The van der Waals surface area contributed by atoms with Crippen LogP contribution in [-0.2, 0) is 16.1 Å². The minimum absolute atomic E-state index is 0.0761. The Morgan fingerprint density at radius 2 is 1.96 bits per heavy atom. The van der Waals surface area contributed by atoms with Crippen molar-refractivity contribution in [2.75, 3.05) is 13.1 Å². The van der Waals surface area contributed by atoms with Crippen LogP contribution in [0.4, 0.5) is 0 Å². The van der Waals surface area contributed by atoms with E-state index < -0.39 is 0 Å². The molecule has 140 valence electrons. The van der Waals surface area contributed by atoms with E-state index in [1.807, 2.05) is 58.5 Å². The number of likely N-dealkylation sites (tertiary alicyclic amines) is 2. The van der Waals surface area contributed by atoms with Crippen LogP contribution >= 0.6 is 0 Å². The van der Waals surface area contributed by atoms with E-state index >= 15 is 0 Å². The summed E-state index contributed by atoms with van der Waals surface area (Å²) in [7, 11) is 0. The third kappa shape index (κ3) is 3.87. The summed E-state index contributed by atoms with van der Waals surface area (Å²) in [5.74, 6) is -0.0434. The smallest absolute Gasteiger partial charge is 0.228 e. The van der Waals surface area contributed by atoms with Gasteiger partial charge in [0.2, 0.25) is 11.8 Å². The fraction of sp³-hybridized carbons (Fsp3) is 0.409. The van der Waals surface area contributed by atoms with Gasteiger partial charge in [-0.15, -0.1) is 0 Å². The van der Waals surface area contributed by atoms with E-state index in [4.69, 9.17) is 0 Å². The molecule has 3 heterocycles. The number of aromatic nitrogens is 1. The van der Waals surface area contributed by atoms with E-state index in [0.29, 0.717) is 19.5 Å². The lowest BCUT2D eigenvalue weighted by Gasteiger charge is -2.37. The van der Waals surface area contributed by atoms with Crippen molar-refractivity contribution in [3.63, 3.8) is 0 Å². The van der Waals surface area contributed by atoms with Crippen LogP contribution in [0.3, 0.4) is 0 Å². The van der Waals surface area contributed by atoms with Gasteiger partial charge in [0.1, 0.15) is 0 Å². The molecule has 0 aliphatic carbocycles. The van der Waals surface area contributed by atoms with Gasteiger partial charge in [-0.25, -0.2) is 0 Å². The molecule has 0 saturated carbocycles. The van der Waals surface area contributed by atoms with Crippen LogP contribution in [0.15, 0.2) is 54.9 Å². The molecule has 0 spiro atoms. The molecule has 1 aromatic heterocycles. The highest BCUT2D eigenvalue weighted by Gasteiger charge is 2.39. The molecular formula is C22H25N3O2. The van der Waals surface area contributed by atoms with Gasteiger partial charge in [-0.05, 0) is 36.5 Å². The largest absolute Gasteiger partial charge is 0.338 e. The van der Waals surface area contributed by atoms with Crippen LogP contribution in [0.1, 0.15) is 42.9 Å². The van der Waals surface area contributed by atoms with E-state index in [1.54, 1.807) is 6.20 Å². The summed E-state index contributed by atoms with van der Waals surface area (Å²) >= 11 is 0. The summed E-state index contributed by atoms with van der Waals surface area (Å²) in [5, 5.41) is 0. The molecule has 2 aliphatic rings. The Hall–Kier alpha value is -2.69. The Kier molecular flexibility index (Phi) is 5.19. The average Bonchev–Trinajstić information content (AvgIpc) is 3.09. The molecule has 5 nitrogen and oxygen atoms in total. The molecule has 2 fully saturated rings. The van der Waals surface area contributed by atoms with Gasteiger partial charge in [-0.1, -0.05) is 36.4 Å². The number of benzene rings is 1. The number of pyridine rings is 1. The van der Waals surface area contributed by atoms with Gasteiger partial charge >= 0.3 is 0 Å². The summed E-state index contributed by atoms with van der Waals surface area (Å²) in [4.78, 5) is 33.8. The zero-order valence-electron chi connectivity index (χ0n) is 15.5. The molecule has 2 aromatic rings. The second-order valence-electron chi connectivity index (χ2n) is 7.49. The summed E-state index contributed by atoms with van der Waals surface area (Å²) in [6.45, 7) is 1.86. The van der Waals surface area contributed by atoms with Crippen LogP contribution in [0, 0.1) is 5.92 Å². The maximum atomic E-state index is 13.3. The van der Waals surface area contributed by atoms with Crippen molar-refractivity contribution < 1.29 is 9.59 Å². The van der Waals surface area contributed by atoms with Crippen molar-refractivity contribution in [2.45, 2.75) is 38.3 Å². The topological polar surface area (TPSA) is 53.5 Å². The Morgan fingerprint density at radius 1 is 1.11 bits per heavy atom. The van der Waals surface area contributed by atoms with Gasteiger partial charge in [0.15, 0.2) is 0 Å². The van der Waals surface area contributed by atoms with Gasteiger partial charge in [-0.2, -0.15) is 0 Å². The Labute approximate surface area is 160 Å². The van der Waals surface area contributed by atoms with Crippen molar-refractivity contribution in [2.24, 2.45) is 5.92 Å². The highest BCUT2D eigenvalue weighted by molar-refractivity contribution is 5.89. The maximum absolute atomic E-state index is 13.3. The number of amides is 2. The van der Waals surface area contributed by atoms with Gasteiger partial charge in [0.25, 0.3) is 0 Å². The zero-order valence-corrected chi connectivity index (χ0v) is 15.5. The second kappa shape index (κ2) is 7.91. The van der Waals surface area contributed by atoms with E-state index in [1.165, 1.54) is 0 Å². The lowest BCUT2D eigenvalue weighted by Crippen LogP contribution is -2.42. The lowest BCUT2D eigenvalue weighted by atomic mass is 9.94. The molecule has 1 unspecified atom stereocenters. The molecule has 0 radical (unpaired) electrons. The molecule has 0 N–H and O–H groups in total. The predicted molar refractivity (Wildman–Crippen MR) is 103 cm³/mol. The quantitative estimate of drug-likeness (QED) is 0.838. The van der Waals surface area contributed by atoms with Crippen molar-refractivity contribution in [3.8, 4) is 0 Å². The third-order valence-corrected chi connectivity index (χ3v) is 5.64. The van der Waals surface area contributed by atoms with Gasteiger partial charge in [-0.3, -0.25) is 14.6 Å². The van der Waals surface area contributed by atoms with E-state index in [-0.39, 0.29) is 23.8 Å². The second-order valence-corrected chi connectivity index (χ2v) is 7.49. The number of rotatable bonds is 4. The van der Waals surface area contributed by atoms with Crippen LogP contribution in [0.2, 0.25) is 0 Å². The number of hydrogen-bond acceptors (Lipinski definition) is 3. The number of carbonyl (C=O) groups is 2. The SMILES string of the molecule is O=C1CC(C(=O)N2CCCC[C@@H]2c2cccnc2)CN1Cc1ccccc1. The molecule has 0 bridgehead atoms. The zero-order chi connectivity index (χ0) is 18.6. The lowest BCUT2D eigenvalue weighted by molar-refractivity contribution is -0.139. The van der Waals surface area contributed by atoms with E-state index in [2.05, 4.69) is 4.98 Å². The van der Waals surface area contributed by atoms with Crippen molar-refractivity contribution in [3.05, 3.63) is 66.0 Å². The molecular weight excluding hydrogens is 338 g/mol. The highest BCUT2D eigenvalue weighted by atomic mass is 16.2. The molecule has 27 heavy (non-hydrogen) atoms. The van der Waals surface area contributed by atoms with Gasteiger partial charge < -0.3 is 9.80 Å². The Balaban J connectivity index is 1.46. The standard InChI is InChI=1S/C22H25N3O2/c26-21-13-19(16-24(21)15-17-7-2-1-3-8-17)22(27)25-12-5-4-10-20(25)18-9-6-11-23-14-18/h1-3,6-9,11,14,19-20H,4-5,10,12-13,15-16H2/t19?,20-/m1/s1. The van der Waals surface area contributed by atoms with Crippen LogP contribution in [0.25, 0.3) is 0 Å². The monoisotopic (exact) mass is 363 g/mol. The van der Waals surface area contributed by atoms with Crippen LogP contribution in [0.5, 0.6) is 0 Å². The van der Waals surface area contributed by atoms with Gasteiger partial charge in [0.05, 0.1) is 12.0 Å². The van der Waals surface area contributed by atoms with Crippen LogP contribution < -0.4 is 0 Å². The minimum atomic E-state index is -0.238.